The second-order valence-corrected chi connectivity index (χ2v) is 7.66. The molecule has 0 saturated heterocycles. The van der Waals surface area contributed by atoms with Crippen molar-refractivity contribution >= 4 is 15.9 Å². The van der Waals surface area contributed by atoms with Crippen LogP contribution in [0.3, 0.4) is 0 Å². The summed E-state index contributed by atoms with van der Waals surface area (Å²) in [7, 11) is -3.64. The lowest BCUT2D eigenvalue weighted by molar-refractivity contribution is -0.120. The minimum Gasteiger partial charge on any atom is -0.352 e. The van der Waals surface area contributed by atoms with Gasteiger partial charge in [0.25, 0.3) is 0 Å². The summed E-state index contributed by atoms with van der Waals surface area (Å²) in [6.45, 7) is 1.62. The maximum Gasteiger partial charge on any atom is 0.241 e. The van der Waals surface area contributed by atoms with Crippen LogP contribution in [-0.2, 0) is 14.8 Å². The number of sulfonamides is 1. The highest BCUT2D eigenvalue weighted by Crippen LogP contribution is 2.17. The smallest absolute Gasteiger partial charge is 0.241 e. The average molecular weight is 324 g/mol. The van der Waals surface area contributed by atoms with Gasteiger partial charge < -0.3 is 5.32 Å². The molecule has 122 valence electrons. The Balaban J connectivity index is 1.87. The number of rotatable bonds is 5. The van der Waals surface area contributed by atoms with E-state index in [1.54, 1.807) is 12.1 Å². The van der Waals surface area contributed by atoms with Gasteiger partial charge in [-0.15, -0.1) is 0 Å². The van der Waals surface area contributed by atoms with Gasteiger partial charge in [-0.05, 0) is 37.5 Å². The van der Waals surface area contributed by atoms with Crippen LogP contribution >= 0.6 is 0 Å². The Morgan fingerprint density at radius 2 is 1.86 bits per heavy atom. The summed E-state index contributed by atoms with van der Waals surface area (Å²) in [5.74, 6) is -0.261. The van der Waals surface area contributed by atoms with Crippen LogP contribution in [0.5, 0.6) is 0 Å². The molecule has 1 aromatic rings. The molecule has 1 amide bonds. The van der Waals surface area contributed by atoms with Crippen molar-refractivity contribution in [1.29, 1.82) is 0 Å². The van der Waals surface area contributed by atoms with E-state index in [0.29, 0.717) is 0 Å². The lowest BCUT2D eigenvalue weighted by Gasteiger charge is -2.16. The molecule has 1 aliphatic carbocycles. The van der Waals surface area contributed by atoms with Crippen LogP contribution < -0.4 is 10.0 Å². The minimum atomic E-state index is -3.64. The molecule has 22 heavy (non-hydrogen) atoms. The number of benzene rings is 1. The Bertz CT molecular complexity index is 606. The summed E-state index contributed by atoms with van der Waals surface area (Å²) >= 11 is 0. The number of amides is 1. The Morgan fingerprint density at radius 3 is 2.50 bits per heavy atom. The predicted molar refractivity (Wildman–Crippen MR) is 86.0 cm³/mol. The van der Waals surface area contributed by atoms with Crippen molar-refractivity contribution in [2.75, 3.05) is 6.54 Å². The molecule has 0 bridgehead atoms. The lowest BCUT2D eigenvalue weighted by Crippen LogP contribution is -2.41. The van der Waals surface area contributed by atoms with Crippen molar-refractivity contribution in [3.05, 3.63) is 29.8 Å². The Morgan fingerprint density at radius 1 is 1.18 bits per heavy atom. The Labute approximate surface area is 132 Å². The largest absolute Gasteiger partial charge is 0.352 e. The monoisotopic (exact) mass is 324 g/mol. The summed E-state index contributed by atoms with van der Waals surface area (Å²) in [5.41, 5.74) is 0.866. The summed E-state index contributed by atoms with van der Waals surface area (Å²) in [4.78, 5) is 12.1. The fourth-order valence-corrected chi connectivity index (χ4v) is 3.82. The number of carbonyl (C=O) groups excluding carboxylic acids is 1. The summed E-state index contributed by atoms with van der Waals surface area (Å²) < 4.78 is 26.7. The molecule has 0 atom stereocenters. The quantitative estimate of drug-likeness (QED) is 0.815. The van der Waals surface area contributed by atoms with Crippen LogP contribution in [0.1, 0.15) is 44.1 Å². The highest BCUT2D eigenvalue weighted by atomic mass is 32.2. The van der Waals surface area contributed by atoms with E-state index in [-0.39, 0.29) is 23.4 Å². The van der Waals surface area contributed by atoms with Gasteiger partial charge in [0.1, 0.15) is 0 Å². The van der Waals surface area contributed by atoms with Crippen LogP contribution in [0.25, 0.3) is 0 Å². The van der Waals surface area contributed by atoms with E-state index >= 15 is 0 Å². The van der Waals surface area contributed by atoms with Crippen LogP contribution in [-0.4, -0.2) is 26.9 Å². The molecule has 0 radical (unpaired) electrons. The summed E-state index contributed by atoms with van der Waals surface area (Å²) in [6, 6.07) is 6.82. The van der Waals surface area contributed by atoms with E-state index in [9.17, 15) is 13.2 Å². The van der Waals surface area contributed by atoms with E-state index in [4.69, 9.17) is 0 Å². The minimum absolute atomic E-state index is 0.179. The lowest BCUT2D eigenvalue weighted by atomic mass is 10.1. The average Bonchev–Trinajstić information content (AvgIpc) is 2.74. The first kappa shape index (κ1) is 17.0. The third-order valence-electron chi connectivity index (χ3n) is 3.94. The zero-order valence-electron chi connectivity index (χ0n) is 13.0. The van der Waals surface area contributed by atoms with Gasteiger partial charge in [-0.2, -0.15) is 0 Å². The number of carbonyl (C=O) groups is 1. The highest BCUT2D eigenvalue weighted by molar-refractivity contribution is 7.89. The molecule has 1 aliphatic rings. The Hall–Kier alpha value is -1.40. The molecule has 0 spiro atoms. The van der Waals surface area contributed by atoms with Gasteiger partial charge in [0.05, 0.1) is 11.4 Å². The van der Waals surface area contributed by atoms with Gasteiger partial charge in [0.2, 0.25) is 15.9 Å². The maximum absolute atomic E-state index is 12.1. The highest BCUT2D eigenvalue weighted by Gasteiger charge is 2.18. The molecular weight excluding hydrogens is 300 g/mol. The molecule has 0 aromatic heterocycles. The molecular formula is C16H24N2O3S. The molecule has 0 unspecified atom stereocenters. The van der Waals surface area contributed by atoms with E-state index < -0.39 is 10.0 Å². The zero-order chi connectivity index (χ0) is 16.0. The third-order valence-corrected chi connectivity index (χ3v) is 5.34. The first-order valence-corrected chi connectivity index (χ1v) is 9.31. The number of nitrogens with one attached hydrogen (secondary N) is 2. The van der Waals surface area contributed by atoms with Gasteiger partial charge in [-0.1, -0.05) is 37.8 Å². The molecule has 2 N–H and O–H groups in total. The van der Waals surface area contributed by atoms with Crippen LogP contribution in [0.15, 0.2) is 29.2 Å². The SMILES string of the molecule is Cc1cccc(S(=O)(=O)NCC(=O)NC2CCCCCC2)c1. The second-order valence-electron chi connectivity index (χ2n) is 5.90. The fraction of sp³-hybridized carbons (Fsp3) is 0.562. The standard InChI is InChI=1S/C16H24N2O3S/c1-13-7-6-10-15(11-13)22(20,21)17-12-16(19)18-14-8-4-2-3-5-9-14/h6-7,10-11,14,17H,2-5,8-9,12H2,1H3,(H,18,19). The summed E-state index contributed by atoms with van der Waals surface area (Å²) in [6.07, 6.45) is 6.64. The van der Waals surface area contributed by atoms with Crippen molar-refractivity contribution < 1.29 is 13.2 Å². The van der Waals surface area contributed by atoms with Crippen molar-refractivity contribution in [3.8, 4) is 0 Å². The Kier molecular flexibility index (Phi) is 5.97. The zero-order valence-corrected chi connectivity index (χ0v) is 13.8. The molecule has 1 fully saturated rings. The van der Waals surface area contributed by atoms with E-state index in [1.165, 1.54) is 18.9 Å². The predicted octanol–water partition coefficient (Wildman–Crippen LogP) is 2.11. The molecule has 0 aliphatic heterocycles. The fourth-order valence-electron chi connectivity index (χ4n) is 2.73. The van der Waals surface area contributed by atoms with Crippen molar-refractivity contribution in [2.24, 2.45) is 0 Å². The number of aryl methyl sites for hydroxylation is 1. The van der Waals surface area contributed by atoms with E-state index in [1.807, 2.05) is 13.0 Å². The molecule has 6 heteroatoms. The molecule has 2 rings (SSSR count). The first-order chi connectivity index (χ1) is 10.5. The van der Waals surface area contributed by atoms with Crippen molar-refractivity contribution in [1.82, 2.24) is 10.0 Å². The third kappa shape index (κ3) is 5.10. The first-order valence-electron chi connectivity index (χ1n) is 7.83. The van der Waals surface area contributed by atoms with Gasteiger partial charge in [-0.25, -0.2) is 13.1 Å². The van der Waals surface area contributed by atoms with Crippen molar-refractivity contribution in [2.45, 2.75) is 56.4 Å². The second kappa shape index (κ2) is 7.74. The number of hydrogen-bond donors (Lipinski definition) is 2. The molecule has 1 aromatic carbocycles. The maximum atomic E-state index is 12.1. The summed E-state index contributed by atoms with van der Waals surface area (Å²) in [5, 5.41) is 2.93. The van der Waals surface area contributed by atoms with Gasteiger partial charge in [-0.3, -0.25) is 4.79 Å². The topological polar surface area (TPSA) is 75.3 Å². The number of hydrogen-bond acceptors (Lipinski definition) is 3. The van der Waals surface area contributed by atoms with Crippen LogP contribution in [0, 0.1) is 6.92 Å². The van der Waals surface area contributed by atoms with Gasteiger partial charge in [0.15, 0.2) is 0 Å². The molecule has 5 nitrogen and oxygen atoms in total. The van der Waals surface area contributed by atoms with Crippen LogP contribution in [0.4, 0.5) is 0 Å². The van der Waals surface area contributed by atoms with Gasteiger partial charge in [0, 0.05) is 6.04 Å². The van der Waals surface area contributed by atoms with E-state index in [0.717, 1.165) is 31.2 Å². The van der Waals surface area contributed by atoms with Gasteiger partial charge >= 0.3 is 0 Å². The normalized spacial score (nSPS) is 17.0. The molecule has 1 saturated carbocycles. The van der Waals surface area contributed by atoms with Crippen LogP contribution in [0.2, 0.25) is 0 Å². The molecule has 0 heterocycles. The van der Waals surface area contributed by atoms with E-state index in [2.05, 4.69) is 10.0 Å². The van der Waals surface area contributed by atoms with Crippen molar-refractivity contribution in [3.63, 3.8) is 0 Å².